The maximum absolute atomic E-state index is 13.6. The molecule has 6 nitrogen and oxygen atoms in total. The molecule has 3 rings (SSSR count). The molecule has 0 saturated carbocycles. The zero-order valence-corrected chi connectivity index (χ0v) is 17.1. The summed E-state index contributed by atoms with van der Waals surface area (Å²) in [5, 5.41) is 4.52. The van der Waals surface area contributed by atoms with E-state index in [2.05, 4.69) is 57.6 Å². The lowest BCUT2D eigenvalue weighted by atomic mass is 9.85. The van der Waals surface area contributed by atoms with E-state index >= 15 is 0 Å². The first kappa shape index (κ1) is 19.4. The highest BCUT2D eigenvalue weighted by Crippen LogP contribution is 2.43. The number of nitrogens with zero attached hydrogens (tertiary/aromatic N) is 4. The van der Waals surface area contributed by atoms with E-state index in [1.165, 1.54) is 0 Å². The molecule has 0 bridgehead atoms. The Hall–Kier alpha value is -1.40. The molecule has 2 aliphatic rings. The standard InChI is InChI=1S/C20H34N4O2/c1-14(2)11-22-9-10-26-20(19(22)25)13-23(15(3)4)12-17(20)18-7-8-21-24(18)16(5)6/h7-8,14-17H,9-13H2,1-6H3/t17-,20+/m1/s1. The Labute approximate surface area is 157 Å². The van der Waals surface area contributed by atoms with Gasteiger partial charge >= 0.3 is 0 Å². The number of amides is 1. The van der Waals surface area contributed by atoms with Crippen molar-refractivity contribution in [2.24, 2.45) is 5.92 Å². The largest absolute Gasteiger partial charge is 0.361 e. The van der Waals surface area contributed by atoms with Crippen LogP contribution in [-0.2, 0) is 9.53 Å². The molecular formula is C20H34N4O2. The van der Waals surface area contributed by atoms with Crippen LogP contribution in [0.1, 0.15) is 59.2 Å². The first-order valence-corrected chi connectivity index (χ1v) is 9.97. The van der Waals surface area contributed by atoms with Gasteiger partial charge in [-0.05, 0) is 39.7 Å². The van der Waals surface area contributed by atoms with Crippen molar-refractivity contribution in [1.29, 1.82) is 0 Å². The Kier molecular flexibility index (Phi) is 5.45. The second-order valence-corrected chi connectivity index (χ2v) is 8.75. The van der Waals surface area contributed by atoms with Gasteiger partial charge in [-0.2, -0.15) is 5.10 Å². The normalized spacial score (nSPS) is 27.7. The zero-order chi connectivity index (χ0) is 19.1. The highest BCUT2D eigenvalue weighted by molar-refractivity contribution is 5.88. The van der Waals surface area contributed by atoms with E-state index in [0.29, 0.717) is 31.7 Å². The van der Waals surface area contributed by atoms with Gasteiger partial charge in [0.15, 0.2) is 5.60 Å². The van der Waals surface area contributed by atoms with Crippen molar-refractivity contribution >= 4 is 5.91 Å². The predicted octanol–water partition coefficient (Wildman–Crippen LogP) is 2.53. The summed E-state index contributed by atoms with van der Waals surface area (Å²) in [6.07, 6.45) is 1.85. The lowest BCUT2D eigenvalue weighted by molar-refractivity contribution is -0.173. The molecule has 2 atom stereocenters. The molecule has 1 spiro atoms. The summed E-state index contributed by atoms with van der Waals surface area (Å²) in [7, 11) is 0. The van der Waals surface area contributed by atoms with Crippen LogP contribution in [0.5, 0.6) is 0 Å². The van der Waals surface area contributed by atoms with Crippen molar-refractivity contribution in [3.05, 3.63) is 18.0 Å². The van der Waals surface area contributed by atoms with Crippen LogP contribution in [0.15, 0.2) is 12.3 Å². The highest BCUT2D eigenvalue weighted by atomic mass is 16.5. The average Bonchev–Trinajstić information content (AvgIpc) is 3.16. The van der Waals surface area contributed by atoms with Gasteiger partial charge in [0.1, 0.15) is 0 Å². The molecule has 3 heterocycles. The molecule has 1 aromatic heterocycles. The molecule has 0 aliphatic carbocycles. The number of carbonyl (C=O) groups is 1. The van der Waals surface area contributed by atoms with Gasteiger partial charge in [-0.25, -0.2) is 0 Å². The summed E-state index contributed by atoms with van der Waals surface area (Å²) >= 11 is 0. The molecule has 1 amide bonds. The van der Waals surface area contributed by atoms with Crippen LogP contribution in [0, 0.1) is 5.92 Å². The molecule has 0 radical (unpaired) electrons. The number of hydrogen-bond acceptors (Lipinski definition) is 4. The van der Waals surface area contributed by atoms with Crippen LogP contribution < -0.4 is 0 Å². The fraction of sp³-hybridized carbons (Fsp3) is 0.800. The second kappa shape index (κ2) is 7.31. The monoisotopic (exact) mass is 362 g/mol. The Morgan fingerprint density at radius 3 is 2.58 bits per heavy atom. The molecule has 1 aromatic rings. The Bertz CT molecular complexity index is 640. The van der Waals surface area contributed by atoms with Gasteiger partial charge in [0, 0.05) is 50.2 Å². The van der Waals surface area contributed by atoms with Crippen LogP contribution in [0.2, 0.25) is 0 Å². The summed E-state index contributed by atoms with van der Waals surface area (Å²) in [4.78, 5) is 18.0. The second-order valence-electron chi connectivity index (χ2n) is 8.75. The minimum atomic E-state index is -0.788. The van der Waals surface area contributed by atoms with E-state index in [0.717, 1.165) is 18.8 Å². The van der Waals surface area contributed by atoms with E-state index < -0.39 is 5.60 Å². The lowest BCUT2D eigenvalue weighted by Gasteiger charge is -2.43. The molecule has 26 heavy (non-hydrogen) atoms. The van der Waals surface area contributed by atoms with E-state index in [4.69, 9.17) is 4.74 Å². The number of rotatable bonds is 5. The van der Waals surface area contributed by atoms with Gasteiger partial charge < -0.3 is 9.64 Å². The third-order valence-corrected chi connectivity index (χ3v) is 5.65. The van der Waals surface area contributed by atoms with Crippen molar-refractivity contribution in [2.75, 3.05) is 32.8 Å². The third-order valence-electron chi connectivity index (χ3n) is 5.65. The van der Waals surface area contributed by atoms with Crippen molar-refractivity contribution < 1.29 is 9.53 Å². The molecule has 0 aromatic carbocycles. The minimum Gasteiger partial charge on any atom is -0.361 e. The highest BCUT2D eigenvalue weighted by Gasteiger charge is 2.58. The summed E-state index contributed by atoms with van der Waals surface area (Å²) < 4.78 is 8.38. The third kappa shape index (κ3) is 3.29. The molecule has 2 fully saturated rings. The predicted molar refractivity (Wildman–Crippen MR) is 102 cm³/mol. The van der Waals surface area contributed by atoms with E-state index in [9.17, 15) is 4.79 Å². The molecule has 0 unspecified atom stereocenters. The Balaban J connectivity index is 2.00. The lowest BCUT2D eigenvalue weighted by Crippen LogP contribution is -2.61. The van der Waals surface area contributed by atoms with Crippen LogP contribution in [0.25, 0.3) is 0 Å². The van der Waals surface area contributed by atoms with Crippen molar-refractivity contribution in [1.82, 2.24) is 19.6 Å². The van der Waals surface area contributed by atoms with E-state index in [1.807, 2.05) is 15.8 Å². The molecule has 2 saturated heterocycles. The molecule has 146 valence electrons. The summed E-state index contributed by atoms with van der Waals surface area (Å²) in [6.45, 7) is 16.5. The Morgan fingerprint density at radius 2 is 1.96 bits per heavy atom. The van der Waals surface area contributed by atoms with Gasteiger partial charge in [-0.15, -0.1) is 0 Å². The Morgan fingerprint density at radius 1 is 1.23 bits per heavy atom. The van der Waals surface area contributed by atoms with Crippen LogP contribution >= 0.6 is 0 Å². The van der Waals surface area contributed by atoms with Crippen LogP contribution in [-0.4, -0.2) is 69.9 Å². The maximum atomic E-state index is 13.6. The van der Waals surface area contributed by atoms with Gasteiger partial charge in [-0.1, -0.05) is 13.8 Å². The number of hydrogen-bond donors (Lipinski definition) is 0. The topological polar surface area (TPSA) is 50.6 Å². The minimum absolute atomic E-state index is 0.0114. The molecular weight excluding hydrogens is 328 g/mol. The maximum Gasteiger partial charge on any atom is 0.257 e. The van der Waals surface area contributed by atoms with Gasteiger partial charge in [0.25, 0.3) is 5.91 Å². The first-order chi connectivity index (χ1) is 12.3. The fourth-order valence-corrected chi connectivity index (χ4v) is 4.36. The van der Waals surface area contributed by atoms with Crippen molar-refractivity contribution in [2.45, 2.75) is 65.1 Å². The number of morpholine rings is 1. The number of aromatic nitrogens is 2. The number of likely N-dealkylation sites (tertiary alicyclic amines) is 1. The van der Waals surface area contributed by atoms with Crippen LogP contribution in [0.3, 0.4) is 0 Å². The molecule has 6 heteroatoms. The van der Waals surface area contributed by atoms with Crippen LogP contribution in [0.4, 0.5) is 0 Å². The summed E-state index contributed by atoms with van der Waals surface area (Å²) in [5.41, 5.74) is 0.326. The van der Waals surface area contributed by atoms with Crippen molar-refractivity contribution in [3.63, 3.8) is 0 Å². The fourth-order valence-electron chi connectivity index (χ4n) is 4.36. The van der Waals surface area contributed by atoms with Crippen molar-refractivity contribution in [3.8, 4) is 0 Å². The van der Waals surface area contributed by atoms with E-state index in [-0.39, 0.29) is 17.9 Å². The van der Waals surface area contributed by atoms with Gasteiger partial charge in [0.05, 0.1) is 12.5 Å². The van der Waals surface area contributed by atoms with Gasteiger partial charge in [-0.3, -0.25) is 14.4 Å². The zero-order valence-electron chi connectivity index (χ0n) is 17.1. The number of ether oxygens (including phenoxy) is 1. The molecule has 0 N–H and O–H groups in total. The summed E-state index contributed by atoms with van der Waals surface area (Å²) in [5.74, 6) is 0.621. The molecule has 2 aliphatic heterocycles. The average molecular weight is 363 g/mol. The SMILES string of the molecule is CC(C)CN1CCO[C@]2(CN(C(C)C)C[C@@H]2c2ccnn2C(C)C)C1=O. The smallest absolute Gasteiger partial charge is 0.257 e. The van der Waals surface area contributed by atoms with Gasteiger partial charge in [0.2, 0.25) is 0 Å². The number of carbonyl (C=O) groups excluding carboxylic acids is 1. The quantitative estimate of drug-likeness (QED) is 0.808. The first-order valence-electron chi connectivity index (χ1n) is 9.97. The van der Waals surface area contributed by atoms with E-state index in [1.54, 1.807) is 0 Å². The summed E-state index contributed by atoms with van der Waals surface area (Å²) in [6, 6.07) is 2.70.